The summed E-state index contributed by atoms with van der Waals surface area (Å²) in [6.07, 6.45) is -0.681. The minimum absolute atomic E-state index is 0.103. The van der Waals surface area contributed by atoms with Gasteiger partial charge in [-0.15, -0.1) is 0 Å². The molecule has 2 aromatic rings. The number of rotatable bonds is 2. The van der Waals surface area contributed by atoms with E-state index < -0.39 is 6.10 Å². The van der Waals surface area contributed by atoms with Crippen LogP contribution in [0.15, 0.2) is 36.4 Å². The molecule has 0 aromatic heterocycles. The summed E-state index contributed by atoms with van der Waals surface area (Å²) in [5, 5.41) is 10.7. The molecular weight excluding hydrogens is 255 g/mol. The van der Waals surface area contributed by atoms with Crippen LogP contribution in [0, 0.1) is 19.7 Å². The van der Waals surface area contributed by atoms with Crippen LogP contribution in [0.3, 0.4) is 0 Å². The maximum atomic E-state index is 13.4. The van der Waals surface area contributed by atoms with Crippen molar-refractivity contribution in [1.29, 1.82) is 0 Å². The zero-order valence-corrected chi connectivity index (χ0v) is 11.6. The van der Waals surface area contributed by atoms with Crippen LogP contribution in [0.25, 0.3) is 0 Å². The average Bonchev–Trinajstić information content (AvgIpc) is 2.81. The Morgan fingerprint density at radius 3 is 2.55 bits per heavy atom. The van der Waals surface area contributed by atoms with Crippen molar-refractivity contribution >= 4 is 0 Å². The van der Waals surface area contributed by atoms with Gasteiger partial charge in [0.15, 0.2) is 0 Å². The highest BCUT2D eigenvalue weighted by atomic mass is 19.1. The molecule has 3 heteroatoms. The van der Waals surface area contributed by atoms with Gasteiger partial charge in [-0.3, -0.25) is 0 Å². The number of aryl methyl sites for hydroxylation is 2. The number of aliphatic hydroxyl groups is 1. The number of fused-ring (bicyclic) bond motifs is 1. The highest BCUT2D eigenvalue weighted by molar-refractivity contribution is 5.44. The summed E-state index contributed by atoms with van der Waals surface area (Å²) >= 11 is 0. The molecule has 3 rings (SSSR count). The summed E-state index contributed by atoms with van der Waals surface area (Å²) in [5.41, 5.74) is 3.37. The van der Waals surface area contributed by atoms with E-state index in [4.69, 9.17) is 4.74 Å². The molecule has 0 bridgehead atoms. The standard InChI is InChI=1S/C17H17FO2/c1-10-7-12(18)8-11(2)16(10)17(19)14-9-20-15-6-4-3-5-13(14)15/h3-8,14,17,19H,9H2,1-2H3. The quantitative estimate of drug-likeness (QED) is 0.904. The normalized spacial score (nSPS) is 18.5. The molecule has 0 aliphatic carbocycles. The maximum absolute atomic E-state index is 13.4. The topological polar surface area (TPSA) is 29.5 Å². The molecule has 1 heterocycles. The van der Waals surface area contributed by atoms with Gasteiger partial charge in [0.1, 0.15) is 11.6 Å². The van der Waals surface area contributed by atoms with Crippen LogP contribution in [0.5, 0.6) is 5.75 Å². The number of aliphatic hydroxyl groups excluding tert-OH is 1. The second kappa shape index (κ2) is 4.91. The minimum Gasteiger partial charge on any atom is -0.493 e. The molecule has 104 valence electrons. The molecule has 0 amide bonds. The Hall–Kier alpha value is -1.87. The molecule has 1 aliphatic rings. The fourth-order valence-corrected chi connectivity index (χ4v) is 3.04. The van der Waals surface area contributed by atoms with E-state index in [0.717, 1.165) is 28.0 Å². The Balaban J connectivity index is 2.01. The fourth-order valence-electron chi connectivity index (χ4n) is 3.04. The van der Waals surface area contributed by atoms with Crippen molar-refractivity contribution in [2.75, 3.05) is 6.61 Å². The summed E-state index contributed by atoms with van der Waals surface area (Å²) in [5.74, 6) is 0.460. The maximum Gasteiger partial charge on any atom is 0.123 e. The lowest BCUT2D eigenvalue weighted by molar-refractivity contribution is 0.129. The molecule has 0 saturated carbocycles. The van der Waals surface area contributed by atoms with Crippen LogP contribution < -0.4 is 4.74 Å². The van der Waals surface area contributed by atoms with Crippen LogP contribution >= 0.6 is 0 Å². The van der Waals surface area contributed by atoms with Gasteiger partial charge in [-0.2, -0.15) is 0 Å². The molecule has 0 fully saturated rings. The van der Waals surface area contributed by atoms with Crippen LogP contribution in [0.1, 0.15) is 34.3 Å². The molecule has 0 saturated heterocycles. The number of benzene rings is 2. The average molecular weight is 272 g/mol. The van der Waals surface area contributed by atoms with Gasteiger partial charge in [-0.05, 0) is 48.7 Å². The molecule has 2 atom stereocenters. The van der Waals surface area contributed by atoms with Gasteiger partial charge in [-0.1, -0.05) is 18.2 Å². The zero-order valence-electron chi connectivity index (χ0n) is 11.6. The van der Waals surface area contributed by atoms with Crippen LogP contribution in [0.4, 0.5) is 4.39 Å². The lowest BCUT2D eigenvalue weighted by Crippen LogP contribution is -2.15. The van der Waals surface area contributed by atoms with E-state index in [1.54, 1.807) is 0 Å². The molecule has 2 nitrogen and oxygen atoms in total. The summed E-state index contributed by atoms with van der Waals surface area (Å²) in [4.78, 5) is 0. The van der Waals surface area contributed by atoms with Crippen molar-refractivity contribution in [2.45, 2.75) is 25.9 Å². The number of para-hydroxylation sites is 1. The number of halogens is 1. The molecule has 20 heavy (non-hydrogen) atoms. The fraction of sp³-hybridized carbons (Fsp3) is 0.294. The monoisotopic (exact) mass is 272 g/mol. The smallest absolute Gasteiger partial charge is 0.123 e. The van der Waals surface area contributed by atoms with Crippen LogP contribution in [-0.2, 0) is 0 Å². The summed E-state index contributed by atoms with van der Waals surface area (Å²) in [6, 6.07) is 10.7. The minimum atomic E-state index is -0.681. The Morgan fingerprint density at radius 2 is 1.85 bits per heavy atom. The largest absolute Gasteiger partial charge is 0.493 e. The third kappa shape index (κ3) is 2.08. The van der Waals surface area contributed by atoms with Gasteiger partial charge in [-0.25, -0.2) is 4.39 Å². The van der Waals surface area contributed by atoms with Gasteiger partial charge in [0, 0.05) is 5.56 Å². The van der Waals surface area contributed by atoms with Crippen molar-refractivity contribution in [2.24, 2.45) is 0 Å². The number of ether oxygens (including phenoxy) is 1. The van der Waals surface area contributed by atoms with E-state index in [1.807, 2.05) is 38.1 Å². The van der Waals surface area contributed by atoms with E-state index in [9.17, 15) is 9.50 Å². The van der Waals surface area contributed by atoms with Crippen molar-refractivity contribution in [3.8, 4) is 5.75 Å². The number of hydrogen-bond acceptors (Lipinski definition) is 2. The SMILES string of the molecule is Cc1cc(F)cc(C)c1C(O)C1COc2ccccc21. The van der Waals surface area contributed by atoms with Gasteiger partial charge in [0.2, 0.25) is 0 Å². The third-order valence-electron chi connectivity index (χ3n) is 3.97. The predicted octanol–water partition coefficient (Wildman–Crippen LogP) is 3.65. The Morgan fingerprint density at radius 1 is 1.20 bits per heavy atom. The van der Waals surface area contributed by atoms with E-state index >= 15 is 0 Å². The summed E-state index contributed by atoms with van der Waals surface area (Å²) < 4.78 is 19.0. The third-order valence-corrected chi connectivity index (χ3v) is 3.97. The van der Waals surface area contributed by atoms with E-state index in [1.165, 1.54) is 12.1 Å². The first-order valence-corrected chi connectivity index (χ1v) is 6.74. The second-order valence-corrected chi connectivity index (χ2v) is 5.35. The number of hydrogen-bond donors (Lipinski definition) is 1. The molecule has 1 aliphatic heterocycles. The Labute approximate surface area is 117 Å². The lowest BCUT2D eigenvalue weighted by atomic mass is 9.86. The van der Waals surface area contributed by atoms with Crippen molar-refractivity contribution < 1.29 is 14.2 Å². The van der Waals surface area contributed by atoms with Crippen LogP contribution in [0.2, 0.25) is 0 Å². The lowest BCUT2D eigenvalue weighted by Gasteiger charge is -2.21. The molecular formula is C17H17FO2. The van der Waals surface area contributed by atoms with Crippen molar-refractivity contribution in [3.63, 3.8) is 0 Å². The Kier molecular flexibility index (Phi) is 3.22. The van der Waals surface area contributed by atoms with Crippen molar-refractivity contribution in [3.05, 3.63) is 64.5 Å². The van der Waals surface area contributed by atoms with E-state index in [0.29, 0.717) is 6.61 Å². The molecule has 0 radical (unpaired) electrons. The van der Waals surface area contributed by atoms with E-state index in [-0.39, 0.29) is 11.7 Å². The van der Waals surface area contributed by atoms with Gasteiger partial charge < -0.3 is 9.84 Å². The molecule has 2 aromatic carbocycles. The Bertz CT molecular complexity index is 628. The molecule has 0 spiro atoms. The van der Waals surface area contributed by atoms with Crippen molar-refractivity contribution in [1.82, 2.24) is 0 Å². The van der Waals surface area contributed by atoms with Gasteiger partial charge in [0.05, 0.1) is 18.6 Å². The molecule has 2 unspecified atom stereocenters. The van der Waals surface area contributed by atoms with Crippen LogP contribution in [-0.4, -0.2) is 11.7 Å². The van der Waals surface area contributed by atoms with Gasteiger partial charge >= 0.3 is 0 Å². The first-order valence-electron chi connectivity index (χ1n) is 6.74. The zero-order chi connectivity index (χ0) is 14.3. The van der Waals surface area contributed by atoms with E-state index in [2.05, 4.69) is 0 Å². The second-order valence-electron chi connectivity index (χ2n) is 5.35. The summed E-state index contributed by atoms with van der Waals surface area (Å²) in [7, 11) is 0. The predicted molar refractivity (Wildman–Crippen MR) is 75.5 cm³/mol. The highest BCUT2D eigenvalue weighted by Crippen LogP contribution is 2.42. The summed E-state index contributed by atoms with van der Waals surface area (Å²) in [6.45, 7) is 4.11. The first kappa shape index (κ1) is 13.1. The van der Waals surface area contributed by atoms with Gasteiger partial charge in [0.25, 0.3) is 0 Å². The molecule has 1 N–H and O–H groups in total. The highest BCUT2D eigenvalue weighted by Gasteiger charge is 2.32. The first-order chi connectivity index (χ1) is 9.58.